The Bertz CT molecular complexity index is 811. The molecule has 136 valence electrons. The Kier molecular flexibility index (Phi) is 5.46. The average molecular weight is 376 g/mol. The van der Waals surface area contributed by atoms with Gasteiger partial charge in [-0.1, -0.05) is 11.8 Å². The molecule has 2 aromatic heterocycles. The lowest BCUT2D eigenvalue weighted by Gasteiger charge is -2.27. The van der Waals surface area contributed by atoms with Crippen LogP contribution < -0.4 is 16.0 Å². The zero-order chi connectivity index (χ0) is 18.5. The highest BCUT2D eigenvalue weighted by Crippen LogP contribution is 2.20. The summed E-state index contributed by atoms with van der Waals surface area (Å²) < 4.78 is 5.47. The predicted octanol–water partition coefficient (Wildman–Crippen LogP) is 0.582. The van der Waals surface area contributed by atoms with Crippen molar-refractivity contribution < 1.29 is 18.8 Å². The molecule has 0 aliphatic carbocycles. The summed E-state index contributed by atoms with van der Waals surface area (Å²) in [6.07, 6.45) is 3.36. The maximum Gasteiger partial charge on any atom is 0.321 e. The van der Waals surface area contributed by atoms with Crippen LogP contribution in [0.1, 0.15) is 12.8 Å². The second kappa shape index (κ2) is 7.95. The maximum atomic E-state index is 11.9. The molecular formula is C15H16N6O4S. The lowest BCUT2D eigenvalue weighted by molar-refractivity contribution is -0.125. The number of thioether (sulfide) groups is 1. The molecule has 1 aliphatic heterocycles. The van der Waals surface area contributed by atoms with Gasteiger partial charge in [0.1, 0.15) is 0 Å². The van der Waals surface area contributed by atoms with Gasteiger partial charge in [-0.2, -0.15) is 0 Å². The van der Waals surface area contributed by atoms with Crippen molar-refractivity contribution in [1.29, 1.82) is 0 Å². The Hall–Kier alpha value is -2.95. The van der Waals surface area contributed by atoms with Gasteiger partial charge in [0, 0.05) is 18.7 Å². The summed E-state index contributed by atoms with van der Waals surface area (Å²) in [4.78, 5) is 38.9. The third kappa shape index (κ3) is 4.57. The fourth-order valence-electron chi connectivity index (χ4n) is 2.37. The van der Waals surface area contributed by atoms with Gasteiger partial charge in [-0.25, -0.2) is 4.79 Å². The number of urea groups is 1. The number of hydrogen-bond donors (Lipinski definition) is 3. The van der Waals surface area contributed by atoms with Gasteiger partial charge in [0.25, 0.3) is 5.22 Å². The Balaban J connectivity index is 1.51. The van der Waals surface area contributed by atoms with Gasteiger partial charge < -0.3 is 15.1 Å². The molecule has 0 saturated carbocycles. The molecule has 1 fully saturated rings. The number of carbonyl (C=O) groups is 3. The fraction of sp³-hybridized carbons (Fsp3) is 0.333. The number of nitrogens with zero attached hydrogens (tertiary/aromatic N) is 3. The normalized spacial score (nSPS) is 19.6. The average Bonchev–Trinajstić information content (AvgIpc) is 3.05. The minimum absolute atomic E-state index is 0.0902. The fourth-order valence-corrected chi connectivity index (χ4v) is 2.95. The Morgan fingerprint density at radius 1 is 1.38 bits per heavy atom. The highest BCUT2D eigenvalue weighted by molar-refractivity contribution is 7.99. The van der Waals surface area contributed by atoms with Gasteiger partial charge in [-0.3, -0.25) is 19.9 Å². The lowest BCUT2D eigenvalue weighted by atomic mass is 9.95. The van der Waals surface area contributed by atoms with Crippen LogP contribution in [0, 0.1) is 5.92 Å². The molecule has 4 amide bonds. The van der Waals surface area contributed by atoms with Gasteiger partial charge in [-0.15, -0.1) is 10.2 Å². The highest BCUT2D eigenvalue weighted by atomic mass is 32.2. The van der Waals surface area contributed by atoms with E-state index in [1.54, 1.807) is 31.5 Å². The first-order valence-corrected chi connectivity index (χ1v) is 8.76. The van der Waals surface area contributed by atoms with Crippen molar-refractivity contribution in [2.24, 2.45) is 5.92 Å². The van der Waals surface area contributed by atoms with E-state index in [-0.39, 0.29) is 41.1 Å². The lowest BCUT2D eigenvalue weighted by Crippen LogP contribution is -2.57. The van der Waals surface area contributed by atoms with Gasteiger partial charge in [0.2, 0.25) is 17.7 Å². The summed E-state index contributed by atoms with van der Waals surface area (Å²) in [7, 11) is 0. The second-order valence-corrected chi connectivity index (χ2v) is 6.53. The SMILES string of the molecule is CC1NC(=O)NC(=O)C1Cc1nnc(SCC(=O)Nc2cccnc2)o1. The molecule has 1 aliphatic rings. The van der Waals surface area contributed by atoms with Crippen molar-refractivity contribution in [2.75, 3.05) is 11.1 Å². The number of nitrogens with one attached hydrogen (secondary N) is 3. The molecule has 3 N–H and O–H groups in total. The molecule has 0 bridgehead atoms. The van der Waals surface area contributed by atoms with Gasteiger partial charge in [-0.05, 0) is 19.1 Å². The third-order valence-electron chi connectivity index (χ3n) is 3.65. The zero-order valence-corrected chi connectivity index (χ0v) is 14.6. The van der Waals surface area contributed by atoms with Crippen molar-refractivity contribution in [2.45, 2.75) is 24.6 Å². The first kappa shape index (κ1) is 17.9. The third-order valence-corrected chi connectivity index (χ3v) is 4.47. The van der Waals surface area contributed by atoms with E-state index in [9.17, 15) is 14.4 Å². The van der Waals surface area contributed by atoms with Gasteiger partial charge >= 0.3 is 6.03 Å². The van der Waals surface area contributed by atoms with Crippen molar-refractivity contribution in [1.82, 2.24) is 25.8 Å². The Morgan fingerprint density at radius 3 is 2.96 bits per heavy atom. The number of rotatable bonds is 6. The van der Waals surface area contributed by atoms with Crippen LogP contribution in [0.25, 0.3) is 0 Å². The molecule has 2 aromatic rings. The smallest absolute Gasteiger partial charge is 0.321 e. The zero-order valence-electron chi connectivity index (χ0n) is 13.8. The monoisotopic (exact) mass is 376 g/mol. The van der Waals surface area contributed by atoms with Gasteiger partial charge in [0.05, 0.1) is 23.6 Å². The summed E-state index contributed by atoms with van der Waals surface area (Å²) in [6.45, 7) is 1.73. The Morgan fingerprint density at radius 2 is 2.23 bits per heavy atom. The summed E-state index contributed by atoms with van der Waals surface area (Å²) >= 11 is 1.09. The van der Waals surface area contributed by atoms with Crippen LogP contribution in [0.5, 0.6) is 0 Å². The minimum atomic E-state index is -0.514. The van der Waals surface area contributed by atoms with Crippen LogP contribution in [0.15, 0.2) is 34.2 Å². The first-order valence-electron chi connectivity index (χ1n) is 7.77. The second-order valence-electron chi connectivity index (χ2n) is 5.60. The highest BCUT2D eigenvalue weighted by Gasteiger charge is 2.34. The molecule has 2 atom stereocenters. The summed E-state index contributed by atoms with van der Waals surface area (Å²) in [6, 6.07) is 2.59. The first-order chi connectivity index (χ1) is 12.5. The quantitative estimate of drug-likeness (QED) is 0.622. The van der Waals surface area contributed by atoms with E-state index in [1.807, 2.05) is 0 Å². The van der Waals surface area contributed by atoms with Crippen LogP contribution in [0.3, 0.4) is 0 Å². The molecule has 0 spiro atoms. The number of carbonyl (C=O) groups excluding carboxylic acids is 3. The van der Waals surface area contributed by atoms with E-state index < -0.39 is 11.9 Å². The van der Waals surface area contributed by atoms with E-state index in [0.717, 1.165) is 11.8 Å². The predicted molar refractivity (Wildman–Crippen MR) is 91.2 cm³/mol. The number of hydrogen-bond acceptors (Lipinski definition) is 8. The number of anilines is 1. The van der Waals surface area contributed by atoms with Crippen LogP contribution in [-0.2, 0) is 16.0 Å². The number of aromatic nitrogens is 3. The number of pyridine rings is 1. The van der Waals surface area contributed by atoms with E-state index in [4.69, 9.17) is 4.42 Å². The molecule has 3 rings (SSSR count). The molecule has 3 heterocycles. The van der Waals surface area contributed by atoms with Crippen LogP contribution in [0.4, 0.5) is 10.5 Å². The minimum Gasteiger partial charge on any atom is -0.416 e. The molecule has 2 unspecified atom stereocenters. The van der Waals surface area contributed by atoms with E-state index in [0.29, 0.717) is 5.69 Å². The van der Waals surface area contributed by atoms with Crippen LogP contribution in [-0.4, -0.2) is 44.8 Å². The summed E-state index contributed by atoms with van der Waals surface area (Å²) in [5.74, 6) is -0.758. The van der Waals surface area contributed by atoms with Crippen molar-refractivity contribution in [3.05, 3.63) is 30.4 Å². The Labute approximate surface area is 152 Å². The maximum absolute atomic E-state index is 11.9. The van der Waals surface area contributed by atoms with Crippen LogP contribution >= 0.6 is 11.8 Å². The molecule has 26 heavy (non-hydrogen) atoms. The molecule has 0 aromatic carbocycles. The number of amides is 4. The summed E-state index contributed by atoms with van der Waals surface area (Å²) in [5.41, 5.74) is 0.601. The van der Waals surface area contributed by atoms with Crippen LogP contribution in [0.2, 0.25) is 0 Å². The molecular weight excluding hydrogens is 360 g/mol. The van der Waals surface area contributed by atoms with Gasteiger partial charge in [0.15, 0.2) is 0 Å². The van der Waals surface area contributed by atoms with Crippen molar-refractivity contribution in [3.63, 3.8) is 0 Å². The molecule has 1 saturated heterocycles. The summed E-state index contributed by atoms with van der Waals surface area (Å²) in [5, 5.41) is 15.5. The molecule has 11 heteroatoms. The van der Waals surface area contributed by atoms with Crippen molar-refractivity contribution in [3.8, 4) is 0 Å². The van der Waals surface area contributed by atoms with E-state index >= 15 is 0 Å². The van der Waals surface area contributed by atoms with E-state index in [2.05, 4.69) is 31.1 Å². The van der Waals surface area contributed by atoms with E-state index in [1.165, 1.54) is 0 Å². The number of imide groups is 1. The molecule has 0 radical (unpaired) electrons. The standard InChI is InChI=1S/C15H16N6O4S/c1-8-10(13(23)19-14(24)17-8)5-12-20-21-15(25-12)26-7-11(22)18-9-3-2-4-16-6-9/h2-4,6,8,10H,5,7H2,1H3,(H,18,22)(H2,17,19,23,24). The largest absolute Gasteiger partial charge is 0.416 e. The van der Waals surface area contributed by atoms with Crippen molar-refractivity contribution >= 4 is 35.3 Å². The topological polar surface area (TPSA) is 139 Å². The molecule has 10 nitrogen and oxygen atoms in total.